The average molecular weight is 220 g/mol. The summed E-state index contributed by atoms with van der Waals surface area (Å²) in [6.45, 7) is 4.05. The summed E-state index contributed by atoms with van der Waals surface area (Å²) in [4.78, 5) is 15.4. The van der Waals surface area contributed by atoms with Gasteiger partial charge in [-0.1, -0.05) is 0 Å². The van der Waals surface area contributed by atoms with Crippen LogP contribution in [0.5, 0.6) is 0 Å². The number of rotatable bonds is 4. The minimum atomic E-state index is -0.728. The van der Waals surface area contributed by atoms with Gasteiger partial charge < -0.3 is 10.4 Å². The lowest BCUT2D eigenvalue weighted by Crippen LogP contribution is -2.20. The van der Waals surface area contributed by atoms with E-state index in [-0.39, 0.29) is 0 Å². The second kappa shape index (κ2) is 3.77. The molecule has 4 nitrogen and oxygen atoms in total. The first-order valence-corrected chi connectivity index (χ1v) is 5.51. The van der Waals surface area contributed by atoms with Crippen LogP contribution in [0.15, 0.2) is 18.3 Å². The summed E-state index contributed by atoms with van der Waals surface area (Å²) in [6.07, 6.45) is 3.13. The summed E-state index contributed by atoms with van der Waals surface area (Å²) >= 11 is 0. The predicted molar refractivity (Wildman–Crippen MR) is 61.5 cm³/mol. The number of carbonyl (C=O) groups is 1. The Labute approximate surface area is 94.7 Å². The Bertz CT molecular complexity index is 411. The largest absolute Gasteiger partial charge is 0.481 e. The predicted octanol–water partition coefficient (Wildman–Crippen LogP) is 2.02. The van der Waals surface area contributed by atoms with Crippen molar-refractivity contribution in [1.82, 2.24) is 4.98 Å². The number of nitrogens with zero attached hydrogens (tertiary/aromatic N) is 1. The van der Waals surface area contributed by atoms with Gasteiger partial charge in [0.25, 0.3) is 0 Å². The molecule has 1 aliphatic rings. The van der Waals surface area contributed by atoms with E-state index in [0.29, 0.717) is 6.04 Å². The van der Waals surface area contributed by atoms with E-state index < -0.39 is 11.4 Å². The van der Waals surface area contributed by atoms with E-state index >= 15 is 0 Å². The summed E-state index contributed by atoms with van der Waals surface area (Å²) in [7, 11) is 0. The Morgan fingerprint density at radius 3 is 2.75 bits per heavy atom. The van der Waals surface area contributed by atoms with Gasteiger partial charge in [0.1, 0.15) is 5.82 Å². The van der Waals surface area contributed by atoms with Crippen LogP contribution in [0.3, 0.4) is 0 Å². The molecule has 0 atom stereocenters. The Hall–Kier alpha value is -1.58. The molecule has 1 aliphatic carbocycles. The number of pyridine rings is 1. The summed E-state index contributed by atoms with van der Waals surface area (Å²) < 4.78 is 0. The molecular formula is C12H16N2O2. The van der Waals surface area contributed by atoms with E-state index in [0.717, 1.165) is 24.2 Å². The Balaban J connectivity index is 2.26. The molecule has 0 aromatic carbocycles. The van der Waals surface area contributed by atoms with Crippen LogP contribution in [0.1, 0.15) is 32.3 Å². The maximum Gasteiger partial charge on any atom is 0.314 e. The van der Waals surface area contributed by atoms with Gasteiger partial charge in [0.15, 0.2) is 0 Å². The molecule has 2 rings (SSSR count). The second-order valence-corrected chi connectivity index (χ2v) is 4.62. The number of hydrogen-bond acceptors (Lipinski definition) is 3. The summed E-state index contributed by atoms with van der Waals surface area (Å²) in [5.74, 6) is 0.0224. The van der Waals surface area contributed by atoms with Crippen LogP contribution in [-0.4, -0.2) is 22.1 Å². The zero-order chi connectivity index (χ0) is 11.8. The van der Waals surface area contributed by atoms with E-state index in [1.54, 1.807) is 12.3 Å². The molecule has 0 unspecified atom stereocenters. The van der Waals surface area contributed by atoms with E-state index in [1.165, 1.54) is 0 Å². The van der Waals surface area contributed by atoms with Crippen LogP contribution in [0.25, 0.3) is 0 Å². The van der Waals surface area contributed by atoms with Crippen molar-refractivity contribution < 1.29 is 9.90 Å². The fourth-order valence-electron chi connectivity index (χ4n) is 1.85. The lowest BCUT2D eigenvalue weighted by molar-refractivity contribution is -0.140. The first-order valence-electron chi connectivity index (χ1n) is 5.51. The normalized spacial score (nSPS) is 17.2. The molecule has 1 aromatic rings. The minimum absolute atomic E-state index is 0.294. The van der Waals surface area contributed by atoms with Gasteiger partial charge in [-0.2, -0.15) is 0 Å². The van der Waals surface area contributed by atoms with Gasteiger partial charge in [-0.05, 0) is 44.4 Å². The van der Waals surface area contributed by atoms with Crippen LogP contribution in [0.4, 0.5) is 5.82 Å². The molecule has 1 aromatic heterocycles. The average Bonchev–Trinajstić information content (AvgIpc) is 2.97. The van der Waals surface area contributed by atoms with Crippen molar-refractivity contribution in [3.63, 3.8) is 0 Å². The number of hydrogen-bond donors (Lipinski definition) is 2. The van der Waals surface area contributed by atoms with Crippen LogP contribution in [0, 0.1) is 0 Å². The first-order chi connectivity index (χ1) is 7.54. The van der Waals surface area contributed by atoms with Crippen molar-refractivity contribution in [2.45, 2.75) is 38.1 Å². The third-order valence-corrected chi connectivity index (χ3v) is 2.91. The SMILES string of the molecule is CC(C)Nc1cc(C2(C(=O)O)CC2)ccn1. The highest BCUT2D eigenvalue weighted by Gasteiger charge is 2.51. The maximum atomic E-state index is 11.2. The minimum Gasteiger partial charge on any atom is -0.481 e. The van der Waals surface area contributed by atoms with E-state index in [1.807, 2.05) is 19.9 Å². The number of carboxylic acid groups (broad SMARTS) is 1. The third-order valence-electron chi connectivity index (χ3n) is 2.91. The van der Waals surface area contributed by atoms with Gasteiger partial charge in [-0.25, -0.2) is 4.98 Å². The van der Waals surface area contributed by atoms with Gasteiger partial charge in [0, 0.05) is 12.2 Å². The standard InChI is InChI=1S/C12H16N2O2/c1-8(2)14-10-7-9(3-6-13-10)12(4-5-12)11(15)16/h3,6-8H,4-5H2,1-2H3,(H,13,14)(H,15,16). The van der Waals surface area contributed by atoms with Crippen LogP contribution in [-0.2, 0) is 10.2 Å². The fourth-order valence-corrected chi connectivity index (χ4v) is 1.85. The monoisotopic (exact) mass is 220 g/mol. The molecule has 0 spiro atoms. The highest BCUT2D eigenvalue weighted by molar-refractivity contribution is 5.85. The lowest BCUT2D eigenvalue weighted by atomic mass is 9.97. The van der Waals surface area contributed by atoms with Gasteiger partial charge in [-0.3, -0.25) is 4.79 Å². The van der Waals surface area contributed by atoms with Crippen LogP contribution in [0.2, 0.25) is 0 Å². The smallest absolute Gasteiger partial charge is 0.314 e. The van der Waals surface area contributed by atoms with Crippen molar-refractivity contribution in [3.8, 4) is 0 Å². The molecule has 4 heteroatoms. The maximum absolute atomic E-state index is 11.2. The molecule has 1 fully saturated rings. The van der Waals surface area contributed by atoms with Crippen molar-refractivity contribution in [1.29, 1.82) is 0 Å². The Morgan fingerprint density at radius 2 is 2.25 bits per heavy atom. The topological polar surface area (TPSA) is 62.2 Å². The number of carboxylic acids is 1. The highest BCUT2D eigenvalue weighted by Crippen LogP contribution is 2.48. The van der Waals surface area contributed by atoms with Gasteiger partial charge in [0.2, 0.25) is 0 Å². The summed E-state index contributed by atoms with van der Waals surface area (Å²) in [5, 5.41) is 12.4. The number of anilines is 1. The summed E-state index contributed by atoms with van der Waals surface area (Å²) in [6, 6.07) is 3.94. The molecule has 86 valence electrons. The van der Waals surface area contributed by atoms with Crippen molar-refractivity contribution in [3.05, 3.63) is 23.9 Å². The third kappa shape index (κ3) is 1.87. The molecule has 16 heavy (non-hydrogen) atoms. The van der Waals surface area contributed by atoms with Crippen molar-refractivity contribution >= 4 is 11.8 Å². The molecule has 0 amide bonds. The van der Waals surface area contributed by atoms with Gasteiger partial charge in [-0.15, -0.1) is 0 Å². The number of aliphatic carboxylic acids is 1. The second-order valence-electron chi connectivity index (χ2n) is 4.62. The lowest BCUT2D eigenvalue weighted by Gasteiger charge is -2.13. The summed E-state index contributed by atoms with van der Waals surface area (Å²) in [5.41, 5.74) is 0.217. The van der Waals surface area contributed by atoms with E-state index in [4.69, 9.17) is 0 Å². The highest BCUT2D eigenvalue weighted by atomic mass is 16.4. The first kappa shape index (κ1) is 10.9. The van der Waals surface area contributed by atoms with Crippen molar-refractivity contribution in [2.24, 2.45) is 0 Å². The van der Waals surface area contributed by atoms with Crippen molar-refractivity contribution in [2.75, 3.05) is 5.32 Å². The number of nitrogens with one attached hydrogen (secondary N) is 1. The molecule has 0 bridgehead atoms. The molecule has 0 saturated heterocycles. The van der Waals surface area contributed by atoms with Gasteiger partial charge >= 0.3 is 5.97 Å². The fraction of sp³-hybridized carbons (Fsp3) is 0.500. The molecule has 0 radical (unpaired) electrons. The molecule has 1 saturated carbocycles. The van der Waals surface area contributed by atoms with Crippen LogP contribution >= 0.6 is 0 Å². The Kier molecular flexibility index (Phi) is 2.58. The molecule has 2 N–H and O–H groups in total. The molecule has 1 heterocycles. The van der Waals surface area contributed by atoms with E-state index in [2.05, 4.69) is 10.3 Å². The van der Waals surface area contributed by atoms with Gasteiger partial charge in [0.05, 0.1) is 5.41 Å². The van der Waals surface area contributed by atoms with Crippen LogP contribution < -0.4 is 5.32 Å². The Morgan fingerprint density at radius 1 is 1.56 bits per heavy atom. The zero-order valence-corrected chi connectivity index (χ0v) is 9.53. The quantitative estimate of drug-likeness (QED) is 0.814. The molecular weight excluding hydrogens is 204 g/mol. The number of aromatic nitrogens is 1. The zero-order valence-electron chi connectivity index (χ0n) is 9.53. The van der Waals surface area contributed by atoms with E-state index in [9.17, 15) is 9.90 Å². The molecule has 0 aliphatic heterocycles.